The zero-order chi connectivity index (χ0) is 20.7. The summed E-state index contributed by atoms with van der Waals surface area (Å²) in [5.74, 6) is 0.547. The number of nitrogens with one attached hydrogen (secondary N) is 2. The molecule has 1 saturated heterocycles. The zero-order valence-electron chi connectivity index (χ0n) is 17.9. The zero-order valence-corrected chi connectivity index (χ0v) is 21.0. The van der Waals surface area contributed by atoms with Crippen molar-refractivity contribution in [2.24, 2.45) is 4.99 Å². The highest BCUT2D eigenvalue weighted by atomic mass is 127. The Kier molecular flexibility index (Phi) is 9.99. The standard InChI is InChI=1S/C22H31FN4OS.HI/c1-22(2,20-8-5-13-29-20)16-26-21(24-3)25-15-19(27-9-11-28-12-10-27)17-6-4-7-18(23)14-17;/h4-8,13-14,19H,9-12,15-16H2,1-3H3,(H2,24,25,26);1H. The third kappa shape index (κ3) is 6.90. The van der Waals surface area contributed by atoms with Gasteiger partial charge in [-0.25, -0.2) is 4.39 Å². The van der Waals surface area contributed by atoms with Crippen molar-refractivity contribution in [2.75, 3.05) is 46.4 Å². The van der Waals surface area contributed by atoms with Crippen LogP contribution in [0.5, 0.6) is 0 Å². The summed E-state index contributed by atoms with van der Waals surface area (Å²) < 4.78 is 19.3. The van der Waals surface area contributed by atoms with Crippen LogP contribution in [0.25, 0.3) is 0 Å². The summed E-state index contributed by atoms with van der Waals surface area (Å²) >= 11 is 1.77. The lowest BCUT2D eigenvalue weighted by molar-refractivity contribution is 0.0169. The fourth-order valence-corrected chi connectivity index (χ4v) is 4.38. The van der Waals surface area contributed by atoms with E-state index in [2.05, 4.69) is 51.9 Å². The van der Waals surface area contributed by atoms with Gasteiger partial charge < -0.3 is 15.4 Å². The number of benzene rings is 1. The number of thiophene rings is 1. The van der Waals surface area contributed by atoms with Gasteiger partial charge in [-0.3, -0.25) is 9.89 Å². The molecule has 2 heterocycles. The molecule has 2 N–H and O–H groups in total. The summed E-state index contributed by atoms with van der Waals surface area (Å²) in [6.07, 6.45) is 0. The molecule has 0 bridgehead atoms. The quantitative estimate of drug-likeness (QED) is 0.313. The van der Waals surface area contributed by atoms with Crippen LogP contribution in [0.15, 0.2) is 46.8 Å². The van der Waals surface area contributed by atoms with Gasteiger partial charge in [0.15, 0.2) is 5.96 Å². The van der Waals surface area contributed by atoms with Crippen LogP contribution in [0.1, 0.15) is 30.3 Å². The van der Waals surface area contributed by atoms with Gasteiger partial charge in [0.1, 0.15) is 5.82 Å². The molecule has 30 heavy (non-hydrogen) atoms. The number of nitrogens with zero attached hydrogens (tertiary/aromatic N) is 2. The van der Waals surface area contributed by atoms with Gasteiger partial charge in [-0.05, 0) is 29.1 Å². The van der Waals surface area contributed by atoms with Gasteiger partial charge in [0.2, 0.25) is 0 Å². The van der Waals surface area contributed by atoms with Crippen molar-refractivity contribution in [2.45, 2.75) is 25.3 Å². The molecule has 0 aliphatic carbocycles. The van der Waals surface area contributed by atoms with E-state index in [4.69, 9.17) is 4.74 Å². The second-order valence-electron chi connectivity index (χ2n) is 7.89. The molecule has 0 saturated carbocycles. The van der Waals surface area contributed by atoms with Gasteiger partial charge in [-0.2, -0.15) is 0 Å². The molecular weight excluding hydrogens is 514 g/mol. The normalized spacial score (nSPS) is 16.6. The highest BCUT2D eigenvalue weighted by molar-refractivity contribution is 14.0. The SMILES string of the molecule is CN=C(NCC(c1cccc(F)c1)N1CCOCC1)NCC(C)(C)c1cccs1.I. The van der Waals surface area contributed by atoms with E-state index in [9.17, 15) is 4.39 Å². The van der Waals surface area contributed by atoms with Crippen molar-refractivity contribution in [1.82, 2.24) is 15.5 Å². The maximum absolute atomic E-state index is 13.8. The summed E-state index contributed by atoms with van der Waals surface area (Å²) in [6.45, 7) is 8.94. The lowest BCUT2D eigenvalue weighted by Crippen LogP contribution is -2.48. The number of morpholine rings is 1. The molecule has 1 aliphatic heterocycles. The van der Waals surface area contributed by atoms with Crippen LogP contribution >= 0.6 is 35.3 Å². The molecule has 2 aromatic rings. The topological polar surface area (TPSA) is 48.9 Å². The maximum atomic E-state index is 13.8. The summed E-state index contributed by atoms with van der Waals surface area (Å²) in [5.41, 5.74) is 0.978. The first-order valence-corrected chi connectivity index (χ1v) is 10.9. The Morgan fingerprint density at radius 3 is 2.63 bits per heavy atom. The van der Waals surface area contributed by atoms with E-state index in [0.717, 1.165) is 31.2 Å². The number of hydrogen-bond acceptors (Lipinski definition) is 4. The third-order valence-electron chi connectivity index (χ3n) is 5.29. The van der Waals surface area contributed by atoms with Crippen LogP contribution < -0.4 is 10.6 Å². The molecule has 0 amide bonds. The first-order valence-electron chi connectivity index (χ1n) is 10.1. The van der Waals surface area contributed by atoms with E-state index in [1.165, 1.54) is 10.9 Å². The van der Waals surface area contributed by atoms with Gasteiger partial charge in [0.05, 0.1) is 19.3 Å². The molecule has 1 aliphatic rings. The lowest BCUT2D eigenvalue weighted by Gasteiger charge is -2.35. The summed E-state index contributed by atoms with van der Waals surface area (Å²) in [6, 6.07) is 11.2. The van der Waals surface area contributed by atoms with Crippen LogP contribution in [-0.4, -0.2) is 57.3 Å². The van der Waals surface area contributed by atoms with E-state index in [0.29, 0.717) is 19.8 Å². The smallest absolute Gasteiger partial charge is 0.191 e. The predicted octanol–water partition coefficient (Wildman–Crippen LogP) is 4.02. The molecule has 1 unspecified atom stereocenters. The Balaban J connectivity index is 0.00000320. The first-order chi connectivity index (χ1) is 14.0. The molecule has 1 atom stereocenters. The minimum atomic E-state index is -0.207. The number of ether oxygens (including phenoxy) is 1. The third-order valence-corrected chi connectivity index (χ3v) is 6.53. The summed E-state index contributed by atoms with van der Waals surface area (Å²) in [4.78, 5) is 8.06. The molecule has 0 radical (unpaired) electrons. The lowest BCUT2D eigenvalue weighted by atomic mass is 9.91. The van der Waals surface area contributed by atoms with Crippen LogP contribution in [0.3, 0.4) is 0 Å². The van der Waals surface area contributed by atoms with Crippen molar-refractivity contribution >= 4 is 41.3 Å². The van der Waals surface area contributed by atoms with E-state index in [1.54, 1.807) is 30.5 Å². The monoisotopic (exact) mass is 546 g/mol. The number of halogens is 2. The predicted molar refractivity (Wildman–Crippen MR) is 134 cm³/mol. The minimum absolute atomic E-state index is 0. The van der Waals surface area contributed by atoms with Crippen molar-refractivity contribution in [3.63, 3.8) is 0 Å². The fraction of sp³-hybridized carbons (Fsp3) is 0.500. The van der Waals surface area contributed by atoms with Gasteiger partial charge in [-0.15, -0.1) is 35.3 Å². The molecule has 1 aromatic heterocycles. The molecule has 0 spiro atoms. The molecule has 1 aromatic carbocycles. The van der Waals surface area contributed by atoms with Crippen LogP contribution in [0.4, 0.5) is 4.39 Å². The largest absolute Gasteiger partial charge is 0.379 e. The Morgan fingerprint density at radius 2 is 2.00 bits per heavy atom. The van der Waals surface area contributed by atoms with Gasteiger partial charge in [0.25, 0.3) is 0 Å². The second-order valence-corrected chi connectivity index (χ2v) is 8.83. The highest BCUT2D eigenvalue weighted by Gasteiger charge is 2.25. The molecular formula is C22H32FIN4OS. The van der Waals surface area contributed by atoms with E-state index in [-0.39, 0.29) is 41.3 Å². The number of aliphatic imine (C=N–C) groups is 1. The van der Waals surface area contributed by atoms with Crippen molar-refractivity contribution in [1.29, 1.82) is 0 Å². The van der Waals surface area contributed by atoms with E-state index in [1.807, 2.05) is 6.07 Å². The van der Waals surface area contributed by atoms with Crippen LogP contribution in [0.2, 0.25) is 0 Å². The average molecular weight is 546 g/mol. The van der Waals surface area contributed by atoms with Crippen molar-refractivity contribution in [3.8, 4) is 0 Å². The number of guanidine groups is 1. The minimum Gasteiger partial charge on any atom is -0.379 e. The van der Waals surface area contributed by atoms with E-state index < -0.39 is 0 Å². The Bertz CT molecular complexity index is 794. The van der Waals surface area contributed by atoms with Gasteiger partial charge in [0, 0.05) is 43.5 Å². The molecule has 166 valence electrons. The fourth-order valence-electron chi connectivity index (χ4n) is 3.53. The first kappa shape index (κ1) is 25.0. The average Bonchev–Trinajstić information content (AvgIpc) is 3.27. The Labute approximate surface area is 200 Å². The molecule has 8 heteroatoms. The van der Waals surface area contributed by atoms with Crippen molar-refractivity contribution < 1.29 is 9.13 Å². The Morgan fingerprint density at radius 1 is 1.23 bits per heavy atom. The number of hydrogen-bond donors (Lipinski definition) is 2. The van der Waals surface area contributed by atoms with Crippen molar-refractivity contribution in [3.05, 3.63) is 58.0 Å². The molecule has 1 fully saturated rings. The molecule has 3 rings (SSSR count). The summed E-state index contributed by atoms with van der Waals surface area (Å²) in [7, 11) is 1.78. The van der Waals surface area contributed by atoms with Crippen LogP contribution in [0, 0.1) is 5.82 Å². The Hall–Kier alpha value is -1.23. The highest BCUT2D eigenvalue weighted by Crippen LogP contribution is 2.26. The van der Waals surface area contributed by atoms with Gasteiger partial charge in [-0.1, -0.05) is 32.0 Å². The van der Waals surface area contributed by atoms with Gasteiger partial charge >= 0.3 is 0 Å². The molecule has 5 nitrogen and oxygen atoms in total. The maximum Gasteiger partial charge on any atom is 0.191 e. The van der Waals surface area contributed by atoms with Crippen LogP contribution in [-0.2, 0) is 10.2 Å². The number of rotatable bonds is 7. The second kappa shape index (κ2) is 12.0. The summed E-state index contributed by atoms with van der Waals surface area (Å²) in [5, 5.41) is 8.99. The van der Waals surface area contributed by atoms with E-state index >= 15 is 0 Å².